The molecule has 29 heavy (non-hydrogen) atoms. The second-order valence-electron chi connectivity index (χ2n) is 7.98. The van der Waals surface area contributed by atoms with Gasteiger partial charge in [0.2, 0.25) is 11.8 Å². The summed E-state index contributed by atoms with van der Waals surface area (Å²) in [6.07, 6.45) is 1.68. The predicted octanol–water partition coefficient (Wildman–Crippen LogP) is 3.71. The van der Waals surface area contributed by atoms with Crippen LogP contribution in [0.4, 0.5) is 0 Å². The van der Waals surface area contributed by atoms with Crippen molar-refractivity contribution in [1.29, 1.82) is 0 Å². The number of ether oxygens (including phenoxy) is 1. The molecule has 1 aliphatic rings. The molecule has 1 saturated heterocycles. The summed E-state index contributed by atoms with van der Waals surface area (Å²) in [6, 6.07) is 7.72. The van der Waals surface area contributed by atoms with Crippen LogP contribution in [0.2, 0.25) is 0 Å². The minimum absolute atomic E-state index is 0.0765. The van der Waals surface area contributed by atoms with E-state index in [-0.39, 0.29) is 17.9 Å². The highest BCUT2D eigenvalue weighted by molar-refractivity contribution is 7.71. The van der Waals surface area contributed by atoms with E-state index in [1.165, 1.54) is 0 Å². The number of likely N-dealkylation sites (tertiary alicyclic amines) is 1. The number of carbonyl (C=O) groups is 1. The minimum atomic E-state index is 0.0765. The third-order valence-corrected chi connectivity index (χ3v) is 5.90. The molecule has 1 amide bonds. The smallest absolute Gasteiger partial charge is 0.288 e. The molecule has 1 aliphatic heterocycles. The first-order valence-electron chi connectivity index (χ1n) is 10.1. The Labute approximate surface area is 177 Å². The molecule has 3 rings (SSSR count). The monoisotopic (exact) mass is 418 g/mol. The maximum atomic E-state index is 12.5. The van der Waals surface area contributed by atoms with Crippen molar-refractivity contribution in [1.82, 2.24) is 20.0 Å². The number of benzene rings is 1. The average Bonchev–Trinajstić information content (AvgIpc) is 3.08. The Morgan fingerprint density at radius 2 is 1.93 bits per heavy atom. The number of hydrogen-bond acceptors (Lipinski definition) is 6. The lowest BCUT2D eigenvalue weighted by Crippen LogP contribution is -2.44. The summed E-state index contributed by atoms with van der Waals surface area (Å²) in [6.45, 7) is 8.53. The van der Waals surface area contributed by atoms with E-state index in [4.69, 9.17) is 21.4 Å². The second kappa shape index (κ2) is 9.54. The number of hydrogen-bond donors (Lipinski definition) is 1. The fraction of sp³-hybridized carbons (Fsp3) is 0.571. The molecular formula is C21H30N4O3S. The van der Waals surface area contributed by atoms with Gasteiger partial charge in [0.1, 0.15) is 5.75 Å². The maximum Gasteiger partial charge on any atom is 0.288 e. The Balaban J connectivity index is 1.56. The lowest BCUT2D eigenvalue weighted by Gasteiger charge is -2.31. The van der Waals surface area contributed by atoms with Crippen LogP contribution in [-0.4, -0.2) is 46.8 Å². The Morgan fingerprint density at radius 1 is 1.28 bits per heavy atom. The summed E-state index contributed by atoms with van der Waals surface area (Å²) in [5.41, 5.74) is 0.852. The molecule has 8 heteroatoms. The molecule has 2 aromatic rings. The van der Waals surface area contributed by atoms with Gasteiger partial charge in [-0.05, 0) is 62.2 Å². The van der Waals surface area contributed by atoms with E-state index in [1.807, 2.05) is 24.3 Å². The molecule has 0 bridgehead atoms. The minimum Gasteiger partial charge on any atom is -0.497 e. The van der Waals surface area contributed by atoms with Crippen LogP contribution in [0.15, 0.2) is 28.7 Å². The van der Waals surface area contributed by atoms with Crippen LogP contribution in [0.1, 0.15) is 33.6 Å². The lowest BCUT2D eigenvalue weighted by molar-refractivity contribution is -0.127. The molecule has 2 heterocycles. The van der Waals surface area contributed by atoms with Crippen molar-refractivity contribution in [3.63, 3.8) is 0 Å². The van der Waals surface area contributed by atoms with E-state index in [2.05, 4.69) is 36.1 Å². The number of nitrogens with zero attached hydrogens (tertiary/aromatic N) is 3. The fourth-order valence-corrected chi connectivity index (χ4v) is 3.46. The first-order chi connectivity index (χ1) is 13.9. The van der Waals surface area contributed by atoms with E-state index in [0.29, 0.717) is 23.3 Å². The zero-order valence-electron chi connectivity index (χ0n) is 17.6. The molecule has 1 fully saturated rings. The van der Waals surface area contributed by atoms with Gasteiger partial charge in [0.05, 0.1) is 13.8 Å². The molecule has 0 radical (unpaired) electrons. The molecule has 0 aliphatic carbocycles. The molecule has 0 saturated carbocycles. The number of amides is 1. The van der Waals surface area contributed by atoms with Gasteiger partial charge in [-0.3, -0.25) is 9.69 Å². The van der Waals surface area contributed by atoms with Gasteiger partial charge in [-0.15, -0.1) is 5.10 Å². The highest BCUT2D eigenvalue weighted by Crippen LogP contribution is 2.22. The van der Waals surface area contributed by atoms with Crippen LogP contribution in [0.3, 0.4) is 0 Å². The van der Waals surface area contributed by atoms with Crippen molar-refractivity contribution in [3.8, 4) is 17.2 Å². The van der Waals surface area contributed by atoms with E-state index >= 15 is 0 Å². The SMILES string of the molecule is COc1ccc(-c2nn(CN3CCC(C(=O)NC(C)C(C)C)CC3)c(=S)o2)cc1. The number of methoxy groups -OCH3 is 1. The van der Waals surface area contributed by atoms with Gasteiger partial charge in [0, 0.05) is 30.6 Å². The van der Waals surface area contributed by atoms with Crippen LogP contribution in [-0.2, 0) is 11.5 Å². The van der Waals surface area contributed by atoms with Crippen molar-refractivity contribution in [3.05, 3.63) is 29.1 Å². The number of aromatic nitrogens is 2. The Bertz CT molecular complexity index is 867. The number of rotatable bonds is 7. The number of piperidine rings is 1. The number of carbonyl (C=O) groups excluding carboxylic acids is 1. The van der Waals surface area contributed by atoms with Gasteiger partial charge in [0.25, 0.3) is 4.84 Å². The highest BCUT2D eigenvalue weighted by atomic mass is 32.1. The topological polar surface area (TPSA) is 72.5 Å². The Morgan fingerprint density at radius 3 is 2.52 bits per heavy atom. The van der Waals surface area contributed by atoms with Crippen molar-refractivity contribution in [2.45, 2.75) is 46.3 Å². The van der Waals surface area contributed by atoms with Crippen molar-refractivity contribution in [2.75, 3.05) is 20.2 Å². The maximum absolute atomic E-state index is 12.5. The zero-order chi connectivity index (χ0) is 21.0. The predicted molar refractivity (Wildman–Crippen MR) is 114 cm³/mol. The fourth-order valence-electron chi connectivity index (χ4n) is 3.28. The summed E-state index contributed by atoms with van der Waals surface area (Å²) in [4.78, 5) is 15.1. The largest absolute Gasteiger partial charge is 0.497 e. The quantitative estimate of drug-likeness (QED) is 0.691. The standard InChI is InChI=1S/C21H30N4O3S/c1-14(2)15(3)22-19(26)16-9-11-24(12-10-16)13-25-21(29)28-20(23-25)17-5-7-18(27-4)8-6-17/h5-8,14-16H,9-13H2,1-4H3,(H,22,26). The summed E-state index contributed by atoms with van der Waals surface area (Å²) in [7, 11) is 1.63. The van der Waals surface area contributed by atoms with Crippen molar-refractivity contribution >= 4 is 18.1 Å². The highest BCUT2D eigenvalue weighted by Gasteiger charge is 2.26. The molecule has 0 spiro atoms. The molecular weight excluding hydrogens is 388 g/mol. The summed E-state index contributed by atoms with van der Waals surface area (Å²) < 4.78 is 12.6. The Kier molecular flexibility index (Phi) is 7.08. The lowest BCUT2D eigenvalue weighted by atomic mass is 9.95. The van der Waals surface area contributed by atoms with Crippen LogP contribution >= 0.6 is 12.2 Å². The van der Waals surface area contributed by atoms with Crippen LogP contribution in [0.25, 0.3) is 11.5 Å². The van der Waals surface area contributed by atoms with E-state index in [9.17, 15) is 4.79 Å². The molecule has 1 aromatic heterocycles. The third kappa shape index (κ3) is 5.45. The van der Waals surface area contributed by atoms with Crippen molar-refractivity contribution < 1.29 is 13.9 Å². The van der Waals surface area contributed by atoms with Crippen molar-refractivity contribution in [2.24, 2.45) is 11.8 Å². The number of nitrogens with one attached hydrogen (secondary N) is 1. The normalized spacial score (nSPS) is 16.7. The third-order valence-electron chi connectivity index (χ3n) is 5.61. The molecule has 1 N–H and O–H groups in total. The summed E-state index contributed by atoms with van der Waals surface area (Å²) in [5, 5.41) is 7.66. The van der Waals surface area contributed by atoms with Crippen LogP contribution in [0, 0.1) is 16.7 Å². The molecule has 1 atom stereocenters. The molecule has 158 valence electrons. The van der Waals surface area contributed by atoms with Gasteiger partial charge in [-0.2, -0.15) is 0 Å². The van der Waals surface area contributed by atoms with Crippen LogP contribution in [0.5, 0.6) is 5.75 Å². The first kappa shape index (κ1) is 21.5. The van der Waals surface area contributed by atoms with Gasteiger partial charge >= 0.3 is 0 Å². The van der Waals surface area contributed by atoms with Gasteiger partial charge in [0.15, 0.2) is 0 Å². The van der Waals surface area contributed by atoms with E-state index < -0.39 is 0 Å². The molecule has 7 nitrogen and oxygen atoms in total. The van der Waals surface area contributed by atoms with E-state index in [1.54, 1.807) is 11.8 Å². The van der Waals surface area contributed by atoms with Gasteiger partial charge in [-0.25, -0.2) is 4.68 Å². The van der Waals surface area contributed by atoms with Gasteiger partial charge in [-0.1, -0.05) is 13.8 Å². The molecule has 1 aromatic carbocycles. The summed E-state index contributed by atoms with van der Waals surface area (Å²) in [5.74, 6) is 1.96. The molecule has 1 unspecified atom stereocenters. The van der Waals surface area contributed by atoms with Crippen LogP contribution < -0.4 is 10.1 Å². The van der Waals surface area contributed by atoms with Gasteiger partial charge < -0.3 is 14.5 Å². The Hall–Kier alpha value is -2.19. The first-order valence-corrected chi connectivity index (χ1v) is 10.5. The zero-order valence-corrected chi connectivity index (χ0v) is 18.4. The second-order valence-corrected chi connectivity index (χ2v) is 8.33. The van der Waals surface area contributed by atoms with E-state index in [0.717, 1.165) is 37.2 Å². The average molecular weight is 419 g/mol. The summed E-state index contributed by atoms with van der Waals surface area (Å²) >= 11 is 5.34.